The minimum atomic E-state index is 0.0370. The van der Waals surface area contributed by atoms with E-state index in [1.807, 2.05) is 0 Å². The van der Waals surface area contributed by atoms with E-state index in [1.165, 1.54) is 4.88 Å². The number of aromatic nitrogens is 2. The highest BCUT2D eigenvalue weighted by Crippen LogP contribution is 2.27. The SMILES string of the molecule is CC(C)(CNc1nnc(CCCl)o1)c1cccs1. The minimum Gasteiger partial charge on any atom is -0.408 e. The molecular formula is C12H16ClN3OS. The van der Waals surface area contributed by atoms with Crippen LogP contribution in [-0.2, 0) is 11.8 Å². The largest absolute Gasteiger partial charge is 0.408 e. The number of thiophene rings is 1. The lowest BCUT2D eigenvalue weighted by molar-refractivity contribution is 0.497. The summed E-state index contributed by atoms with van der Waals surface area (Å²) in [5, 5.41) is 13.1. The second-order valence-electron chi connectivity index (χ2n) is 4.65. The molecule has 1 N–H and O–H groups in total. The van der Waals surface area contributed by atoms with Crippen LogP contribution in [0.3, 0.4) is 0 Å². The van der Waals surface area contributed by atoms with E-state index in [0.29, 0.717) is 24.2 Å². The summed E-state index contributed by atoms with van der Waals surface area (Å²) in [6.07, 6.45) is 0.602. The number of hydrogen-bond donors (Lipinski definition) is 1. The highest BCUT2D eigenvalue weighted by Gasteiger charge is 2.22. The lowest BCUT2D eigenvalue weighted by Crippen LogP contribution is -2.26. The molecule has 0 aliphatic heterocycles. The van der Waals surface area contributed by atoms with Gasteiger partial charge < -0.3 is 9.73 Å². The summed E-state index contributed by atoms with van der Waals surface area (Å²) in [6.45, 7) is 5.11. The number of anilines is 1. The van der Waals surface area contributed by atoms with E-state index in [4.69, 9.17) is 16.0 Å². The first-order chi connectivity index (χ1) is 8.62. The highest BCUT2D eigenvalue weighted by atomic mass is 35.5. The van der Waals surface area contributed by atoms with Crippen LogP contribution in [0.1, 0.15) is 24.6 Å². The summed E-state index contributed by atoms with van der Waals surface area (Å²) in [5.74, 6) is 1.06. The average Bonchev–Trinajstić information content (AvgIpc) is 2.98. The third-order valence-corrected chi connectivity index (χ3v) is 4.07. The monoisotopic (exact) mass is 285 g/mol. The summed E-state index contributed by atoms with van der Waals surface area (Å²) in [7, 11) is 0. The van der Waals surface area contributed by atoms with Crippen molar-refractivity contribution in [2.45, 2.75) is 25.7 Å². The first-order valence-corrected chi connectivity index (χ1v) is 7.19. The van der Waals surface area contributed by atoms with Gasteiger partial charge >= 0.3 is 6.01 Å². The summed E-state index contributed by atoms with van der Waals surface area (Å²) in [5.41, 5.74) is 0.0370. The maximum Gasteiger partial charge on any atom is 0.315 e. The zero-order valence-corrected chi connectivity index (χ0v) is 12.0. The van der Waals surface area contributed by atoms with Crippen LogP contribution in [0.25, 0.3) is 0 Å². The van der Waals surface area contributed by atoms with Crippen LogP contribution >= 0.6 is 22.9 Å². The maximum atomic E-state index is 5.62. The van der Waals surface area contributed by atoms with Gasteiger partial charge in [0.1, 0.15) is 0 Å². The number of hydrogen-bond acceptors (Lipinski definition) is 5. The van der Waals surface area contributed by atoms with Crippen LogP contribution < -0.4 is 5.32 Å². The first-order valence-electron chi connectivity index (χ1n) is 5.78. The molecule has 0 fully saturated rings. The van der Waals surface area contributed by atoms with Crippen LogP contribution in [0, 0.1) is 0 Å². The molecule has 0 amide bonds. The van der Waals surface area contributed by atoms with Gasteiger partial charge in [0, 0.05) is 29.1 Å². The lowest BCUT2D eigenvalue weighted by atomic mass is 9.91. The van der Waals surface area contributed by atoms with Gasteiger partial charge in [-0.3, -0.25) is 0 Å². The second kappa shape index (κ2) is 5.71. The quantitative estimate of drug-likeness (QED) is 0.828. The van der Waals surface area contributed by atoms with E-state index >= 15 is 0 Å². The Morgan fingerprint density at radius 2 is 2.28 bits per heavy atom. The van der Waals surface area contributed by atoms with Gasteiger partial charge in [0.15, 0.2) is 0 Å². The topological polar surface area (TPSA) is 51.0 Å². The van der Waals surface area contributed by atoms with Crippen LogP contribution in [0.15, 0.2) is 21.9 Å². The van der Waals surface area contributed by atoms with Crippen LogP contribution in [0.2, 0.25) is 0 Å². The fourth-order valence-corrected chi connectivity index (χ4v) is 2.57. The molecule has 0 saturated heterocycles. The van der Waals surface area contributed by atoms with Crippen molar-refractivity contribution >= 4 is 29.0 Å². The number of nitrogens with one attached hydrogen (secondary N) is 1. The minimum absolute atomic E-state index is 0.0370. The molecule has 0 aliphatic rings. The highest BCUT2D eigenvalue weighted by molar-refractivity contribution is 7.10. The van der Waals surface area contributed by atoms with Gasteiger partial charge in [0.2, 0.25) is 5.89 Å². The Bertz CT molecular complexity index is 481. The molecule has 0 unspecified atom stereocenters. The van der Waals surface area contributed by atoms with Crippen molar-refractivity contribution in [2.75, 3.05) is 17.7 Å². The molecule has 0 aliphatic carbocycles. The molecule has 18 heavy (non-hydrogen) atoms. The molecule has 4 nitrogen and oxygen atoms in total. The molecular weight excluding hydrogens is 270 g/mol. The van der Waals surface area contributed by atoms with Gasteiger partial charge in [-0.05, 0) is 11.4 Å². The number of aryl methyl sites for hydroxylation is 1. The molecule has 0 spiro atoms. The smallest absolute Gasteiger partial charge is 0.315 e. The van der Waals surface area contributed by atoms with E-state index in [-0.39, 0.29) is 5.41 Å². The second-order valence-corrected chi connectivity index (χ2v) is 5.98. The van der Waals surface area contributed by atoms with Crippen molar-refractivity contribution in [3.8, 4) is 0 Å². The first kappa shape index (κ1) is 13.4. The van der Waals surface area contributed by atoms with Crippen molar-refractivity contribution in [1.29, 1.82) is 0 Å². The van der Waals surface area contributed by atoms with E-state index < -0.39 is 0 Å². The van der Waals surface area contributed by atoms with Gasteiger partial charge in [-0.25, -0.2) is 0 Å². The molecule has 0 radical (unpaired) electrons. The van der Waals surface area contributed by atoms with Gasteiger partial charge in [-0.2, -0.15) is 0 Å². The number of halogens is 1. The Labute approximate surface area is 115 Å². The van der Waals surface area contributed by atoms with Gasteiger partial charge in [-0.15, -0.1) is 28.0 Å². The lowest BCUT2D eigenvalue weighted by Gasteiger charge is -2.22. The third kappa shape index (κ3) is 3.23. The third-order valence-electron chi connectivity index (χ3n) is 2.64. The van der Waals surface area contributed by atoms with E-state index in [1.54, 1.807) is 11.3 Å². The van der Waals surface area contributed by atoms with E-state index in [2.05, 4.69) is 46.9 Å². The van der Waals surface area contributed by atoms with E-state index in [9.17, 15) is 0 Å². The predicted molar refractivity (Wildman–Crippen MR) is 74.6 cm³/mol. The van der Waals surface area contributed by atoms with Crippen molar-refractivity contribution in [2.24, 2.45) is 0 Å². The van der Waals surface area contributed by atoms with Crippen LogP contribution in [-0.4, -0.2) is 22.6 Å². The Morgan fingerprint density at radius 1 is 1.44 bits per heavy atom. The van der Waals surface area contributed by atoms with Crippen LogP contribution in [0.5, 0.6) is 0 Å². The molecule has 2 heterocycles. The molecule has 0 bridgehead atoms. The molecule has 98 valence electrons. The maximum absolute atomic E-state index is 5.62. The summed E-state index contributed by atoms with van der Waals surface area (Å²) >= 11 is 7.37. The molecule has 0 aromatic carbocycles. The number of nitrogens with zero attached hydrogens (tertiary/aromatic N) is 2. The Kier molecular flexibility index (Phi) is 4.24. The summed E-state index contributed by atoms with van der Waals surface area (Å²) < 4.78 is 5.42. The number of rotatable bonds is 6. The molecule has 6 heteroatoms. The van der Waals surface area contributed by atoms with Gasteiger partial charge in [0.25, 0.3) is 0 Å². The predicted octanol–water partition coefficient (Wildman–Crippen LogP) is 3.30. The van der Waals surface area contributed by atoms with Crippen molar-refractivity contribution in [3.05, 3.63) is 28.3 Å². The Hall–Kier alpha value is -1.07. The van der Waals surface area contributed by atoms with Crippen molar-refractivity contribution in [1.82, 2.24) is 10.2 Å². The van der Waals surface area contributed by atoms with E-state index in [0.717, 1.165) is 6.54 Å². The van der Waals surface area contributed by atoms with Crippen LogP contribution in [0.4, 0.5) is 6.01 Å². The molecule has 2 rings (SSSR count). The zero-order chi connectivity index (χ0) is 13.0. The Balaban J connectivity index is 1.94. The fourth-order valence-electron chi connectivity index (χ4n) is 1.55. The molecule has 0 atom stereocenters. The zero-order valence-electron chi connectivity index (χ0n) is 10.4. The van der Waals surface area contributed by atoms with Gasteiger partial charge in [0.05, 0.1) is 0 Å². The standard InChI is InChI=1S/C12H16ClN3OS/c1-12(2,9-4-3-7-18-9)8-14-11-16-15-10(17-11)5-6-13/h3-4,7H,5-6,8H2,1-2H3,(H,14,16). The average molecular weight is 286 g/mol. The fraction of sp³-hybridized carbons (Fsp3) is 0.500. The molecule has 0 saturated carbocycles. The summed E-state index contributed by atoms with van der Waals surface area (Å²) in [4.78, 5) is 1.33. The summed E-state index contributed by atoms with van der Waals surface area (Å²) in [6, 6.07) is 4.66. The Morgan fingerprint density at radius 3 is 2.94 bits per heavy atom. The van der Waals surface area contributed by atoms with Gasteiger partial charge in [-0.1, -0.05) is 25.0 Å². The normalized spacial score (nSPS) is 11.7. The van der Waals surface area contributed by atoms with Crippen molar-refractivity contribution in [3.63, 3.8) is 0 Å². The van der Waals surface area contributed by atoms with Crippen molar-refractivity contribution < 1.29 is 4.42 Å². The molecule has 2 aromatic heterocycles. The number of alkyl halides is 1. The molecule has 2 aromatic rings.